The van der Waals surface area contributed by atoms with Crippen molar-refractivity contribution in [1.29, 1.82) is 0 Å². The van der Waals surface area contributed by atoms with Crippen molar-refractivity contribution in [3.05, 3.63) is 59.7 Å². The average molecular weight is 378 g/mol. The monoisotopic (exact) mass is 378 g/mol. The number of aromatic nitrogens is 1. The number of thiazole rings is 1. The number of fused-ring (bicyclic) bond motifs is 1. The van der Waals surface area contributed by atoms with Crippen molar-refractivity contribution in [3.63, 3.8) is 0 Å². The van der Waals surface area contributed by atoms with Crippen LogP contribution in [0.25, 0.3) is 10.2 Å². The van der Waals surface area contributed by atoms with Crippen LogP contribution in [0.1, 0.15) is 24.9 Å². The number of para-hydroxylation sites is 1. The minimum atomic E-state index is -0.656. The summed E-state index contributed by atoms with van der Waals surface area (Å²) in [6, 6.07) is 10.7. The van der Waals surface area contributed by atoms with E-state index in [9.17, 15) is 13.6 Å². The second kappa shape index (κ2) is 7.93. The van der Waals surface area contributed by atoms with E-state index in [1.807, 2.05) is 24.3 Å². The van der Waals surface area contributed by atoms with E-state index in [0.717, 1.165) is 20.6 Å². The number of thioether (sulfide) groups is 1. The van der Waals surface area contributed by atoms with E-state index < -0.39 is 17.7 Å². The van der Waals surface area contributed by atoms with Crippen LogP contribution in [0.5, 0.6) is 0 Å². The second-order valence-corrected chi connectivity index (χ2v) is 7.87. The van der Waals surface area contributed by atoms with Crippen molar-refractivity contribution < 1.29 is 13.6 Å². The van der Waals surface area contributed by atoms with E-state index in [-0.39, 0.29) is 11.5 Å². The van der Waals surface area contributed by atoms with Crippen molar-refractivity contribution in [2.75, 3.05) is 5.75 Å². The zero-order chi connectivity index (χ0) is 17.8. The van der Waals surface area contributed by atoms with Gasteiger partial charge in [-0.25, -0.2) is 13.8 Å². The first-order valence-corrected chi connectivity index (χ1v) is 9.56. The van der Waals surface area contributed by atoms with Crippen LogP contribution in [0.3, 0.4) is 0 Å². The van der Waals surface area contributed by atoms with Crippen LogP contribution in [0, 0.1) is 11.6 Å². The van der Waals surface area contributed by atoms with Gasteiger partial charge in [0.1, 0.15) is 11.6 Å². The largest absolute Gasteiger partial charge is 0.349 e. The number of carbonyl (C=O) groups excluding carboxylic acids is 1. The zero-order valence-electron chi connectivity index (χ0n) is 13.5. The molecule has 0 aliphatic heterocycles. The topological polar surface area (TPSA) is 42.0 Å². The highest BCUT2D eigenvalue weighted by Gasteiger charge is 2.14. The van der Waals surface area contributed by atoms with Crippen LogP contribution in [0.4, 0.5) is 8.78 Å². The molecule has 25 heavy (non-hydrogen) atoms. The van der Waals surface area contributed by atoms with Crippen molar-refractivity contribution >= 4 is 39.2 Å². The van der Waals surface area contributed by atoms with Crippen molar-refractivity contribution in [2.24, 2.45) is 0 Å². The van der Waals surface area contributed by atoms with E-state index in [2.05, 4.69) is 10.3 Å². The molecule has 0 radical (unpaired) electrons. The SMILES string of the molecule is C[C@H](NC(=O)CCSc1nc2ccccc2s1)c1ccc(F)cc1F. The first-order valence-electron chi connectivity index (χ1n) is 7.75. The molecule has 0 unspecified atom stereocenters. The number of amides is 1. The average Bonchev–Trinajstić information content (AvgIpc) is 2.97. The summed E-state index contributed by atoms with van der Waals surface area (Å²) in [5.74, 6) is -0.877. The number of nitrogens with zero attached hydrogens (tertiary/aromatic N) is 1. The van der Waals surface area contributed by atoms with Gasteiger partial charge < -0.3 is 5.32 Å². The number of nitrogens with one attached hydrogen (secondary N) is 1. The number of benzene rings is 2. The summed E-state index contributed by atoms with van der Waals surface area (Å²) in [6.45, 7) is 1.68. The Kier molecular flexibility index (Phi) is 5.65. The Hall–Kier alpha value is -1.99. The minimum Gasteiger partial charge on any atom is -0.349 e. The molecular weight excluding hydrogens is 362 g/mol. The molecule has 1 N–H and O–H groups in total. The maximum absolute atomic E-state index is 13.7. The highest BCUT2D eigenvalue weighted by Crippen LogP contribution is 2.29. The van der Waals surface area contributed by atoms with E-state index >= 15 is 0 Å². The molecule has 3 nitrogen and oxygen atoms in total. The number of hydrogen-bond donors (Lipinski definition) is 1. The fourth-order valence-corrected chi connectivity index (χ4v) is 4.46. The lowest BCUT2D eigenvalue weighted by atomic mass is 10.1. The second-order valence-electron chi connectivity index (χ2n) is 5.50. The van der Waals surface area contributed by atoms with Crippen molar-refractivity contribution in [2.45, 2.75) is 23.7 Å². The molecule has 0 aliphatic carbocycles. The third-order valence-electron chi connectivity index (χ3n) is 3.64. The number of hydrogen-bond acceptors (Lipinski definition) is 4. The molecule has 3 rings (SSSR count). The lowest BCUT2D eigenvalue weighted by molar-refractivity contribution is -0.121. The molecule has 3 aromatic rings. The van der Waals surface area contributed by atoms with Gasteiger partial charge in [-0.15, -0.1) is 11.3 Å². The standard InChI is InChI=1S/C18H16F2N2OS2/c1-11(13-7-6-12(19)10-14(13)20)21-17(23)8-9-24-18-22-15-4-2-3-5-16(15)25-18/h2-7,10-11H,8-9H2,1H3,(H,21,23)/t11-/m0/s1. The Balaban J connectivity index is 1.50. The third-order valence-corrected chi connectivity index (χ3v) is 5.82. The van der Waals surface area contributed by atoms with Gasteiger partial charge in [0, 0.05) is 23.8 Å². The summed E-state index contributed by atoms with van der Waals surface area (Å²) in [7, 11) is 0. The molecule has 1 atom stereocenters. The fourth-order valence-electron chi connectivity index (χ4n) is 2.39. The molecule has 0 bridgehead atoms. The maximum Gasteiger partial charge on any atom is 0.221 e. The Morgan fingerprint density at radius 1 is 1.28 bits per heavy atom. The van der Waals surface area contributed by atoms with Crippen LogP contribution in [0.2, 0.25) is 0 Å². The Bertz CT molecular complexity index is 865. The third kappa shape index (κ3) is 4.55. The summed E-state index contributed by atoms with van der Waals surface area (Å²) in [5.41, 5.74) is 1.23. The van der Waals surface area contributed by atoms with Gasteiger partial charge in [-0.1, -0.05) is 30.0 Å². The van der Waals surface area contributed by atoms with Gasteiger partial charge in [-0.05, 0) is 25.1 Å². The fraction of sp³-hybridized carbons (Fsp3) is 0.222. The molecule has 0 saturated heterocycles. The van der Waals surface area contributed by atoms with Crippen molar-refractivity contribution in [1.82, 2.24) is 10.3 Å². The van der Waals surface area contributed by atoms with E-state index in [0.29, 0.717) is 12.2 Å². The van der Waals surface area contributed by atoms with E-state index in [4.69, 9.17) is 0 Å². The number of rotatable bonds is 6. The smallest absolute Gasteiger partial charge is 0.221 e. The predicted octanol–water partition coefficient (Wildman–Crippen LogP) is 4.93. The lowest BCUT2D eigenvalue weighted by Crippen LogP contribution is -2.27. The van der Waals surface area contributed by atoms with Gasteiger partial charge in [0.15, 0.2) is 4.34 Å². The number of halogens is 2. The van der Waals surface area contributed by atoms with Crippen LogP contribution in [-0.2, 0) is 4.79 Å². The van der Waals surface area contributed by atoms with Gasteiger partial charge in [-0.2, -0.15) is 0 Å². The predicted molar refractivity (Wildman–Crippen MR) is 97.9 cm³/mol. The molecule has 0 saturated carbocycles. The Morgan fingerprint density at radius 3 is 2.84 bits per heavy atom. The summed E-state index contributed by atoms with van der Waals surface area (Å²) >= 11 is 3.12. The van der Waals surface area contributed by atoms with Crippen LogP contribution in [0.15, 0.2) is 46.8 Å². The molecule has 7 heteroatoms. The normalized spacial score (nSPS) is 12.3. The molecule has 2 aromatic carbocycles. The van der Waals surface area contributed by atoms with Gasteiger partial charge in [0.25, 0.3) is 0 Å². The minimum absolute atomic E-state index is 0.176. The Morgan fingerprint density at radius 2 is 2.08 bits per heavy atom. The first kappa shape index (κ1) is 17.8. The summed E-state index contributed by atoms with van der Waals surface area (Å²) in [4.78, 5) is 16.5. The number of carbonyl (C=O) groups is 1. The van der Waals surface area contributed by atoms with Gasteiger partial charge >= 0.3 is 0 Å². The van der Waals surface area contributed by atoms with Crippen molar-refractivity contribution in [3.8, 4) is 0 Å². The molecule has 0 spiro atoms. The highest BCUT2D eigenvalue weighted by atomic mass is 32.2. The zero-order valence-corrected chi connectivity index (χ0v) is 15.1. The van der Waals surface area contributed by atoms with Crippen LogP contribution < -0.4 is 5.32 Å². The molecule has 1 heterocycles. The molecule has 130 valence electrons. The Labute approximate surface area is 152 Å². The van der Waals surface area contributed by atoms with E-state index in [1.54, 1.807) is 18.3 Å². The summed E-state index contributed by atoms with van der Waals surface area (Å²) in [5, 5.41) is 2.74. The lowest BCUT2D eigenvalue weighted by Gasteiger charge is -2.15. The van der Waals surface area contributed by atoms with Crippen LogP contribution >= 0.6 is 23.1 Å². The first-order chi connectivity index (χ1) is 12.0. The van der Waals surface area contributed by atoms with Gasteiger partial charge in [-0.3, -0.25) is 4.79 Å². The molecule has 1 aromatic heterocycles. The van der Waals surface area contributed by atoms with E-state index in [1.165, 1.54) is 23.9 Å². The highest BCUT2D eigenvalue weighted by molar-refractivity contribution is 8.01. The molecule has 0 aliphatic rings. The van der Waals surface area contributed by atoms with Crippen LogP contribution in [-0.4, -0.2) is 16.6 Å². The quantitative estimate of drug-likeness (QED) is 0.618. The summed E-state index contributed by atoms with van der Waals surface area (Å²) < 4.78 is 28.7. The molecule has 0 fully saturated rings. The summed E-state index contributed by atoms with van der Waals surface area (Å²) in [6.07, 6.45) is 0.299. The maximum atomic E-state index is 13.7. The molecular formula is C18H16F2N2OS2. The van der Waals surface area contributed by atoms with Gasteiger partial charge in [0.2, 0.25) is 5.91 Å². The molecule has 1 amide bonds. The van der Waals surface area contributed by atoms with Gasteiger partial charge in [0.05, 0.1) is 16.3 Å².